The average molecular weight is 440 g/mol. The standard InChI is InChI=1S/C21H37N5O3S/c22-12-6-2-8-14-24-18(27)10-3-1-7-13-23-19(28)11-5-4-9-17-20-16(15-30-17)25-21(29)26-20/h12,16-17,20,22H,1-11,13-15H2,(H,23,28)(H,24,27)(H2,25,26,29)/t16-,17?,20-/m0/s1. The van der Waals surface area contributed by atoms with E-state index < -0.39 is 0 Å². The molecule has 8 nitrogen and oxygen atoms in total. The number of unbranched alkanes of at least 4 members (excludes halogenated alkanes) is 5. The molecule has 3 atom stereocenters. The van der Waals surface area contributed by atoms with Crippen LogP contribution >= 0.6 is 11.8 Å². The van der Waals surface area contributed by atoms with Crippen molar-refractivity contribution in [1.82, 2.24) is 21.3 Å². The largest absolute Gasteiger partial charge is 0.356 e. The maximum absolute atomic E-state index is 11.9. The van der Waals surface area contributed by atoms with E-state index in [1.807, 2.05) is 11.8 Å². The Morgan fingerprint density at radius 1 is 0.967 bits per heavy atom. The first kappa shape index (κ1) is 24.5. The summed E-state index contributed by atoms with van der Waals surface area (Å²) in [4.78, 5) is 35.0. The Morgan fingerprint density at radius 3 is 2.33 bits per heavy atom. The van der Waals surface area contributed by atoms with Gasteiger partial charge < -0.3 is 26.7 Å². The van der Waals surface area contributed by atoms with Crippen molar-refractivity contribution in [1.29, 1.82) is 5.41 Å². The van der Waals surface area contributed by atoms with Crippen LogP contribution in [0.4, 0.5) is 4.79 Å². The molecule has 0 aromatic heterocycles. The summed E-state index contributed by atoms with van der Waals surface area (Å²) < 4.78 is 0. The summed E-state index contributed by atoms with van der Waals surface area (Å²) in [6.07, 6.45) is 10.7. The van der Waals surface area contributed by atoms with E-state index in [4.69, 9.17) is 5.41 Å². The molecule has 0 radical (unpaired) electrons. The molecule has 2 fully saturated rings. The fourth-order valence-electron chi connectivity index (χ4n) is 3.87. The molecule has 0 spiro atoms. The molecule has 2 heterocycles. The van der Waals surface area contributed by atoms with Crippen LogP contribution in [-0.4, -0.2) is 60.2 Å². The summed E-state index contributed by atoms with van der Waals surface area (Å²) in [5, 5.41) is 19.2. The van der Waals surface area contributed by atoms with Crippen LogP contribution in [-0.2, 0) is 9.59 Å². The number of fused-ring (bicyclic) bond motifs is 1. The van der Waals surface area contributed by atoms with Gasteiger partial charge in [0.25, 0.3) is 0 Å². The summed E-state index contributed by atoms with van der Waals surface area (Å²) in [6.45, 7) is 1.36. The highest BCUT2D eigenvalue weighted by atomic mass is 32.2. The van der Waals surface area contributed by atoms with Crippen molar-refractivity contribution in [3.05, 3.63) is 0 Å². The molecular weight excluding hydrogens is 402 g/mol. The van der Waals surface area contributed by atoms with E-state index in [1.165, 1.54) is 6.21 Å². The lowest BCUT2D eigenvalue weighted by Gasteiger charge is -2.16. The van der Waals surface area contributed by atoms with Crippen molar-refractivity contribution in [2.45, 2.75) is 88.0 Å². The Bertz CT molecular complexity index is 575. The molecule has 2 rings (SSSR count). The van der Waals surface area contributed by atoms with Crippen LogP contribution in [0, 0.1) is 5.41 Å². The van der Waals surface area contributed by atoms with Crippen molar-refractivity contribution < 1.29 is 14.4 Å². The zero-order chi connectivity index (χ0) is 21.6. The van der Waals surface area contributed by atoms with Crippen LogP contribution < -0.4 is 21.3 Å². The molecule has 4 amide bonds. The molecule has 0 aromatic rings. The quantitative estimate of drug-likeness (QED) is 0.144. The highest BCUT2D eigenvalue weighted by Gasteiger charge is 2.42. The minimum absolute atomic E-state index is 0.0505. The van der Waals surface area contributed by atoms with Gasteiger partial charge in [-0.3, -0.25) is 9.59 Å². The Morgan fingerprint density at radius 2 is 1.63 bits per heavy atom. The van der Waals surface area contributed by atoms with E-state index in [1.54, 1.807) is 0 Å². The molecule has 9 heteroatoms. The number of rotatable bonds is 16. The maximum Gasteiger partial charge on any atom is 0.315 e. The highest BCUT2D eigenvalue weighted by molar-refractivity contribution is 8.00. The van der Waals surface area contributed by atoms with Gasteiger partial charge in [0.05, 0.1) is 12.1 Å². The molecule has 2 saturated heterocycles. The predicted molar refractivity (Wildman–Crippen MR) is 121 cm³/mol. The lowest BCUT2D eigenvalue weighted by molar-refractivity contribution is -0.122. The van der Waals surface area contributed by atoms with Crippen LogP contribution in [0.2, 0.25) is 0 Å². The van der Waals surface area contributed by atoms with Crippen LogP contribution in [0.15, 0.2) is 0 Å². The van der Waals surface area contributed by atoms with Gasteiger partial charge in [-0.2, -0.15) is 11.8 Å². The van der Waals surface area contributed by atoms with E-state index in [0.717, 1.165) is 63.5 Å². The third kappa shape index (κ3) is 9.36. The summed E-state index contributed by atoms with van der Waals surface area (Å²) in [5.41, 5.74) is 0. The third-order valence-corrected chi connectivity index (χ3v) is 7.09. The molecular formula is C21H37N5O3S. The van der Waals surface area contributed by atoms with Crippen molar-refractivity contribution in [2.24, 2.45) is 0 Å². The number of amides is 4. The molecule has 0 saturated carbocycles. The number of hydrogen-bond acceptors (Lipinski definition) is 5. The van der Waals surface area contributed by atoms with Crippen LogP contribution in [0.25, 0.3) is 0 Å². The number of urea groups is 1. The number of carbonyl (C=O) groups is 3. The van der Waals surface area contributed by atoms with Gasteiger partial charge in [-0.25, -0.2) is 4.79 Å². The zero-order valence-corrected chi connectivity index (χ0v) is 18.7. The third-order valence-electron chi connectivity index (χ3n) is 5.58. The van der Waals surface area contributed by atoms with Crippen molar-refractivity contribution in [3.8, 4) is 0 Å². The van der Waals surface area contributed by atoms with Crippen LogP contribution in [0.5, 0.6) is 0 Å². The van der Waals surface area contributed by atoms with Gasteiger partial charge in [-0.1, -0.05) is 12.8 Å². The predicted octanol–water partition coefficient (Wildman–Crippen LogP) is 2.32. The SMILES string of the molecule is N=CCCCCNC(=O)CCCCCNC(=O)CCCCC1SC[C@@H]2NC(=O)N[C@H]12. The topological polar surface area (TPSA) is 123 Å². The molecule has 2 aliphatic heterocycles. The Kier molecular flexibility index (Phi) is 11.7. The first-order valence-corrected chi connectivity index (χ1v) is 12.4. The first-order chi connectivity index (χ1) is 14.6. The van der Waals surface area contributed by atoms with Gasteiger partial charge >= 0.3 is 6.03 Å². The summed E-state index contributed by atoms with van der Waals surface area (Å²) >= 11 is 1.91. The van der Waals surface area contributed by atoms with Gasteiger partial charge in [-0.05, 0) is 51.2 Å². The molecule has 0 aromatic carbocycles. The van der Waals surface area contributed by atoms with E-state index in [9.17, 15) is 14.4 Å². The lowest BCUT2D eigenvalue weighted by atomic mass is 10.0. The molecule has 0 aliphatic carbocycles. The number of nitrogens with one attached hydrogen (secondary N) is 5. The highest BCUT2D eigenvalue weighted by Crippen LogP contribution is 2.33. The Labute approximate surface area is 184 Å². The van der Waals surface area contributed by atoms with Crippen molar-refractivity contribution >= 4 is 35.8 Å². The normalized spacial score (nSPS) is 22.1. The fourth-order valence-corrected chi connectivity index (χ4v) is 5.41. The Balaban J connectivity index is 1.37. The second kappa shape index (κ2) is 14.3. The average Bonchev–Trinajstić information content (AvgIpc) is 3.27. The molecule has 30 heavy (non-hydrogen) atoms. The van der Waals surface area contributed by atoms with Gasteiger partial charge in [0.1, 0.15) is 0 Å². The summed E-state index contributed by atoms with van der Waals surface area (Å²) in [7, 11) is 0. The second-order valence-corrected chi connectivity index (χ2v) is 9.35. The van der Waals surface area contributed by atoms with Gasteiger partial charge in [0.2, 0.25) is 11.8 Å². The van der Waals surface area contributed by atoms with Crippen molar-refractivity contribution in [2.75, 3.05) is 18.8 Å². The Hall–Kier alpha value is -1.77. The molecule has 1 unspecified atom stereocenters. The minimum atomic E-state index is -0.0505. The molecule has 170 valence electrons. The smallest absolute Gasteiger partial charge is 0.315 e. The van der Waals surface area contributed by atoms with E-state index in [-0.39, 0.29) is 29.9 Å². The monoisotopic (exact) mass is 439 g/mol. The van der Waals surface area contributed by atoms with Gasteiger partial charge in [0, 0.05) is 36.9 Å². The number of carbonyl (C=O) groups excluding carboxylic acids is 3. The van der Waals surface area contributed by atoms with Crippen molar-refractivity contribution in [3.63, 3.8) is 0 Å². The first-order valence-electron chi connectivity index (χ1n) is 11.3. The second-order valence-electron chi connectivity index (χ2n) is 8.08. The summed E-state index contributed by atoms with van der Waals surface area (Å²) in [6, 6.07) is 0.455. The van der Waals surface area contributed by atoms with E-state index in [2.05, 4.69) is 21.3 Å². The van der Waals surface area contributed by atoms with E-state index >= 15 is 0 Å². The maximum atomic E-state index is 11.9. The van der Waals surface area contributed by atoms with Crippen LogP contribution in [0.1, 0.15) is 70.6 Å². The van der Waals surface area contributed by atoms with Gasteiger partial charge in [-0.15, -0.1) is 0 Å². The van der Waals surface area contributed by atoms with E-state index in [0.29, 0.717) is 31.2 Å². The molecule has 0 bridgehead atoms. The molecule has 2 aliphatic rings. The fraction of sp³-hybridized carbons (Fsp3) is 0.810. The number of thioether (sulfide) groups is 1. The summed E-state index contributed by atoms with van der Waals surface area (Å²) in [5.74, 6) is 1.17. The van der Waals surface area contributed by atoms with Crippen LogP contribution in [0.3, 0.4) is 0 Å². The van der Waals surface area contributed by atoms with Gasteiger partial charge in [0.15, 0.2) is 0 Å². The number of hydrogen-bond donors (Lipinski definition) is 5. The molecule has 5 N–H and O–H groups in total. The minimum Gasteiger partial charge on any atom is -0.356 e. The zero-order valence-electron chi connectivity index (χ0n) is 17.8. The lowest BCUT2D eigenvalue weighted by Crippen LogP contribution is -2.36.